The second-order valence-corrected chi connectivity index (χ2v) is 6.74. The molecule has 2 aliphatic rings. The first-order valence-corrected chi connectivity index (χ1v) is 9.19. The number of anilines is 1. The van der Waals surface area contributed by atoms with Crippen molar-refractivity contribution in [2.75, 3.05) is 37.7 Å². The fourth-order valence-corrected chi connectivity index (χ4v) is 3.58. The van der Waals surface area contributed by atoms with Crippen LogP contribution in [0, 0.1) is 11.8 Å². The van der Waals surface area contributed by atoms with E-state index in [1.165, 1.54) is 6.42 Å². The van der Waals surface area contributed by atoms with Gasteiger partial charge in [-0.15, -0.1) is 0 Å². The Kier molecular flexibility index (Phi) is 5.91. The fraction of sp³-hybridized carbons (Fsp3) is 0.579. The third kappa shape index (κ3) is 4.31. The third-order valence-corrected chi connectivity index (χ3v) is 4.97. The molecule has 2 aliphatic heterocycles. The van der Waals surface area contributed by atoms with E-state index in [0.717, 1.165) is 25.2 Å². The molecule has 2 heterocycles. The minimum absolute atomic E-state index is 0.0179. The van der Waals surface area contributed by atoms with Gasteiger partial charge >= 0.3 is 0 Å². The number of benzene rings is 1. The molecule has 2 N–H and O–H groups in total. The lowest BCUT2D eigenvalue weighted by atomic mass is 10.0. The van der Waals surface area contributed by atoms with Crippen molar-refractivity contribution < 1.29 is 14.3 Å². The van der Waals surface area contributed by atoms with Crippen LogP contribution in [0.4, 0.5) is 5.69 Å². The molecule has 2 atom stereocenters. The number of nitrogens with one attached hydrogen (secondary N) is 2. The molecule has 136 valence electrons. The average Bonchev–Trinajstić information content (AvgIpc) is 3.25. The van der Waals surface area contributed by atoms with E-state index in [-0.39, 0.29) is 24.2 Å². The summed E-state index contributed by atoms with van der Waals surface area (Å²) < 4.78 is 5.61. The molecule has 2 fully saturated rings. The van der Waals surface area contributed by atoms with Crippen molar-refractivity contribution >= 4 is 17.5 Å². The predicted molar refractivity (Wildman–Crippen MR) is 96.7 cm³/mol. The minimum Gasteiger partial charge on any atom is -0.492 e. The molecule has 2 amide bonds. The number of carbonyl (C=O) groups is 2. The standard InChI is InChI=1S/C19H27N3O3/c1-2-25-17-6-4-3-5-16(17)22-13-15(11-18(22)23)19(24)21-10-8-14-7-9-20-12-14/h3-6,14-15,20H,2,7-13H2,1H3,(H,21,24). The van der Waals surface area contributed by atoms with Crippen molar-refractivity contribution in [2.24, 2.45) is 11.8 Å². The molecule has 0 spiro atoms. The van der Waals surface area contributed by atoms with Gasteiger partial charge in [-0.3, -0.25) is 9.59 Å². The molecule has 0 aromatic heterocycles. The van der Waals surface area contributed by atoms with Crippen molar-refractivity contribution in [3.8, 4) is 5.75 Å². The lowest BCUT2D eigenvalue weighted by Crippen LogP contribution is -2.34. The van der Waals surface area contributed by atoms with Crippen molar-refractivity contribution in [1.29, 1.82) is 0 Å². The molecular weight excluding hydrogens is 318 g/mol. The Balaban J connectivity index is 1.55. The molecule has 0 aliphatic carbocycles. The maximum absolute atomic E-state index is 12.4. The Hall–Kier alpha value is -2.08. The molecule has 0 radical (unpaired) electrons. The van der Waals surface area contributed by atoms with E-state index >= 15 is 0 Å². The quantitative estimate of drug-likeness (QED) is 0.787. The van der Waals surface area contributed by atoms with Gasteiger partial charge in [-0.2, -0.15) is 0 Å². The van der Waals surface area contributed by atoms with Crippen LogP contribution in [0.3, 0.4) is 0 Å². The van der Waals surface area contributed by atoms with Gasteiger partial charge in [0, 0.05) is 19.5 Å². The topological polar surface area (TPSA) is 70.7 Å². The minimum atomic E-state index is -0.288. The third-order valence-electron chi connectivity index (χ3n) is 4.97. The zero-order chi connectivity index (χ0) is 17.6. The molecule has 1 aromatic carbocycles. The lowest BCUT2D eigenvalue weighted by Gasteiger charge is -2.20. The van der Waals surface area contributed by atoms with Crippen molar-refractivity contribution in [1.82, 2.24) is 10.6 Å². The summed E-state index contributed by atoms with van der Waals surface area (Å²) in [5.41, 5.74) is 0.752. The highest BCUT2D eigenvalue weighted by molar-refractivity contribution is 6.01. The van der Waals surface area contributed by atoms with Crippen molar-refractivity contribution in [2.45, 2.75) is 26.2 Å². The van der Waals surface area contributed by atoms with E-state index in [1.54, 1.807) is 4.90 Å². The second kappa shape index (κ2) is 8.34. The van der Waals surface area contributed by atoms with Crippen LogP contribution in [-0.4, -0.2) is 44.6 Å². The highest BCUT2D eigenvalue weighted by Crippen LogP contribution is 2.33. The van der Waals surface area contributed by atoms with E-state index < -0.39 is 0 Å². The second-order valence-electron chi connectivity index (χ2n) is 6.74. The Labute approximate surface area is 148 Å². The SMILES string of the molecule is CCOc1ccccc1N1CC(C(=O)NCCC2CCNC2)CC1=O. The molecule has 2 saturated heterocycles. The summed E-state index contributed by atoms with van der Waals surface area (Å²) in [6, 6.07) is 7.50. The molecule has 6 nitrogen and oxygen atoms in total. The molecule has 3 rings (SSSR count). The van der Waals surface area contributed by atoms with Crippen LogP contribution in [0.5, 0.6) is 5.75 Å². The highest BCUT2D eigenvalue weighted by Gasteiger charge is 2.36. The van der Waals surface area contributed by atoms with Gasteiger partial charge in [0.1, 0.15) is 5.75 Å². The van der Waals surface area contributed by atoms with E-state index in [0.29, 0.717) is 31.4 Å². The monoisotopic (exact) mass is 345 g/mol. The number of rotatable bonds is 7. The summed E-state index contributed by atoms with van der Waals surface area (Å²) in [4.78, 5) is 26.5. The van der Waals surface area contributed by atoms with Crippen molar-refractivity contribution in [3.63, 3.8) is 0 Å². The van der Waals surface area contributed by atoms with Gasteiger partial charge in [0.2, 0.25) is 11.8 Å². The summed E-state index contributed by atoms with van der Waals surface area (Å²) in [6.45, 7) is 5.67. The van der Waals surface area contributed by atoms with E-state index in [9.17, 15) is 9.59 Å². The zero-order valence-corrected chi connectivity index (χ0v) is 14.8. The van der Waals surface area contributed by atoms with Crippen LogP contribution in [0.15, 0.2) is 24.3 Å². The van der Waals surface area contributed by atoms with E-state index in [2.05, 4.69) is 10.6 Å². The fourth-order valence-electron chi connectivity index (χ4n) is 3.58. The maximum atomic E-state index is 12.4. The molecule has 6 heteroatoms. The largest absolute Gasteiger partial charge is 0.492 e. The predicted octanol–water partition coefficient (Wildman–Crippen LogP) is 1.55. The molecule has 2 unspecified atom stereocenters. The number of carbonyl (C=O) groups excluding carboxylic acids is 2. The summed E-state index contributed by atoms with van der Waals surface area (Å²) in [5.74, 6) is 1.01. The van der Waals surface area contributed by atoms with Crippen LogP contribution in [0.25, 0.3) is 0 Å². The summed E-state index contributed by atoms with van der Waals surface area (Å²) in [7, 11) is 0. The Morgan fingerprint density at radius 2 is 2.24 bits per heavy atom. The maximum Gasteiger partial charge on any atom is 0.227 e. The number of hydrogen-bond donors (Lipinski definition) is 2. The Morgan fingerprint density at radius 1 is 1.40 bits per heavy atom. The Morgan fingerprint density at radius 3 is 3.00 bits per heavy atom. The first kappa shape index (κ1) is 17.7. The van der Waals surface area contributed by atoms with Gasteiger partial charge in [0.15, 0.2) is 0 Å². The van der Waals surface area contributed by atoms with Gasteiger partial charge in [0.05, 0.1) is 18.2 Å². The number of amides is 2. The Bertz CT molecular complexity index is 614. The van der Waals surface area contributed by atoms with Crippen LogP contribution < -0.4 is 20.3 Å². The summed E-state index contributed by atoms with van der Waals surface area (Å²) >= 11 is 0. The molecule has 1 aromatic rings. The number of ether oxygens (including phenoxy) is 1. The van der Waals surface area contributed by atoms with E-state index in [4.69, 9.17) is 4.74 Å². The number of nitrogens with zero attached hydrogens (tertiary/aromatic N) is 1. The molecule has 25 heavy (non-hydrogen) atoms. The van der Waals surface area contributed by atoms with Gasteiger partial charge in [-0.05, 0) is 50.9 Å². The lowest BCUT2D eigenvalue weighted by molar-refractivity contribution is -0.126. The summed E-state index contributed by atoms with van der Waals surface area (Å²) in [6.07, 6.45) is 2.44. The first-order chi connectivity index (χ1) is 12.2. The van der Waals surface area contributed by atoms with Gasteiger partial charge in [0.25, 0.3) is 0 Å². The van der Waals surface area contributed by atoms with Gasteiger partial charge in [-0.25, -0.2) is 0 Å². The number of para-hydroxylation sites is 2. The molecule has 0 saturated carbocycles. The molecule has 0 bridgehead atoms. The van der Waals surface area contributed by atoms with Crippen LogP contribution >= 0.6 is 0 Å². The smallest absolute Gasteiger partial charge is 0.227 e. The van der Waals surface area contributed by atoms with Crippen molar-refractivity contribution in [3.05, 3.63) is 24.3 Å². The zero-order valence-electron chi connectivity index (χ0n) is 14.8. The average molecular weight is 345 g/mol. The van der Waals surface area contributed by atoms with Gasteiger partial charge in [-0.1, -0.05) is 12.1 Å². The number of hydrogen-bond acceptors (Lipinski definition) is 4. The van der Waals surface area contributed by atoms with E-state index in [1.807, 2.05) is 31.2 Å². The summed E-state index contributed by atoms with van der Waals surface area (Å²) in [5, 5.41) is 6.34. The van der Waals surface area contributed by atoms with Gasteiger partial charge < -0.3 is 20.3 Å². The van der Waals surface area contributed by atoms with Crippen LogP contribution in [0.2, 0.25) is 0 Å². The first-order valence-electron chi connectivity index (χ1n) is 9.19. The highest BCUT2D eigenvalue weighted by atomic mass is 16.5. The molecular formula is C19H27N3O3. The van der Waals surface area contributed by atoms with Crippen LogP contribution in [0.1, 0.15) is 26.2 Å². The normalized spacial score (nSPS) is 23.1. The van der Waals surface area contributed by atoms with Crippen LogP contribution in [-0.2, 0) is 9.59 Å².